The lowest BCUT2D eigenvalue weighted by atomic mass is 10.0. The number of ether oxygens (including phenoxy) is 1. The molecule has 19 heavy (non-hydrogen) atoms. The van der Waals surface area contributed by atoms with Gasteiger partial charge in [-0.05, 0) is 40.0 Å². The lowest BCUT2D eigenvalue weighted by Gasteiger charge is -2.39. The van der Waals surface area contributed by atoms with Crippen molar-refractivity contribution in [2.24, 2.45) is 0 Å². The van der Waals surface area contributed by atoms with Crippen molar-refractivity contribution in [1.82, 2.24) is 4.90 Å². The second-order valence-electron chi connectivity index (χ2n) is 6.20. The van der Waals surface area contributed by atoms with Crippen LogP contribution in [0.15, 0.2) is 11.6 Å². The highest BCUT2D eigenvalue weighted by Crippen LogP contribution is 2.42. The summed E-state index contributed by atoms with van der Waals surface area (Å²) < 4.78 is 43.7. The summed E-state index contributed by atoms with van der Waals surface area (Å²) in [5.74, 6) is 0. The topological polar surface area (TPSA) is 32.7 Å². The number of fused-ring (bicyclic) bond motifs is 2. The van der Waals surface area contributed by atoms with Gasteiger partial charge in [0.2, 0.25) is 6.41 Å². The maximum atomic E-state index is 12.7. The molecule has 1 saturated heterocycles. The molecule has 0 aromatic heterocycles. The summed E-state index contributed by atoms with van der Waals surface area (Å²) in [7, 11) is 0. The molecule has 0 aliphatic carbocycles. The third-order valence-electron chi connectivity index (χ3n) is 3.53. The minimum absolute atomic E-state index is 0.0649. The van der Waals surface area contributed by atoms with Gasteiger partial charge in [-0.3, -0.25) is 0 Å². The molecule has 2 aliphatic heterocycles. The van der Waals surface area contributed by atoms with Gasteiger partial charge in [0.05, 0.1) is 5.60 Å². The van der Waals surface area contributed by atoms with Gasteiger partial charge in [-0.15, -0.1) is 0 Å². The standard InChI is InChI=1S/C13H20F3NO2/c1-12(2,3)19-11(18)17-9-4-5-10(17)7-8(6-9)13(14,15)16/h6,9-11,18H,4-5,7H2,1-3H3. The van der Waals surface area contributed by atoms with Crippen LogP contribution in [-0.2, 0) is 4.74 Å². The Morgan fingerprint density at radius 1 is 1.32 bits per heavy atom. The molecule has 0 radical (unpaired) electrons. The van der Waals surface area contributed by atoms with Crippen molar-refractivity contribution in [1.29, 1.82) is 0 Å². The van der Waals surface area contributed by atoms with Gasteiger partial charge in [-0.25, -0.2) is 4.90 Å². The minimum atomic E-state index is -4.26. The number of hydrogen-bond donors (Lipinski definition) is 1. The number of hydrogen-bond acceptors (Lipinski definition) is 3. The molecule has 110 valence electrons. The largest absolute Gasteiger partial charge is 0.412 e. The van der Waals surface area contributed by atoms with E-state index >= 15 is 0 Å². The van der Waals surface area contributed by atoms with Crippen LogP contribution in [0.5, 0.6) is 0 Å². The van der Waals surface area contributed by atoms with E-state index in [1.165, 1.54) is 6.08 Å². The minimum Gasteiger partial charge on any atom is -0.356 e. The Morgan fingerprint density at radius 2 is 1.95 bits per heavy atom. The monoisotopic (exact) mass is 279 g/mol. The highest BCUT2D eigenvalue weighted by Gasteiger charge is 2.47. The zero-order valence-corrected chi connectivity index (χ0v) is 11.4. The normalized spacial score (nSPS) is 30.4. The molecular formula is C13H20F3NO2. The number of halogens is 3. The van der Waals surface area contributed by atoms with E-state index in [4.69, 9.17) is 4.74 Å². The Labute approximate surface area is 111 Å². The van der Waals surface area contributed by atoms with E-state index in [1.54, 1.807) is 25.7 Å². The molecule has 3 nitrogen and oxygen atoms in total. The number of rotatable bonds is 2. The van der Waals surface area contributed by atoms with Gasteiger partial charge in [0.15, 0.2) is 0 Å². The van der Waals surface area contributed by atoms with E-state index in [0.29, 0.717) is 12.8 Å². The molecule has 0 aromatic rings. The summed E-state index contributed by atoms with van der Waals surface area (Å²) in [4.78, 5) is 1.65. The summed E-state index contributed by atoms with van der Waals surface area (Å²) >= 11 is 0. The number of alkyl halides is 3. The van der Waals surface area contributed by atoms with Crippen LogP contribution in [0, 0.1) is 0 Å². The van der Waals surface area contributed by atoms with Crippen molar-refractivity contribution in [2.45, 2.75) is 70.3 Å². The summed E-state index contributed by atoms with van der Waals surface area (Å²) in [5.41, 5.74) is -1.01. The van der Waals surface area contributed by atoms with Crippen molar-refractivity contribution in [3.63, 3.8) is 0 Å². The first-order chi connectivity index (χ1) is 8.58. The Kier molecular flexibility index (Phi) is 3.70. The van der Waals surface area contributed by atoms with Gasteiger partial charge >= 0.3 is 6.18 Å². The lowest BCUT2D eigenvalue weighted by Crippen LogP contribution is -2.50. The first kappa shape index (κ1) is 14.8. The second-order valence-corrected chi connectivity index (χ2v) is 6.20. The second kappa shape index (κ2) is 4.75. The molecule has 3 atom stereocenters. The third kappa shape index (κ3) is 3.30. The van der Waals surface area contributed by atoms with Crippen LogP contribution >= 0.6 is 0 Å². The van der Waals surface area contributed by atoms with Gasteiger partial charge in [-0.1, -0.05) is 6.08 Å². The fraction of sp³-hybridized carbons (Fsp3) is 0.846. The average molecular weight is 279 g/mol. The molecule has 2 aliphatic rings. The predicted molar refractivity (Wildman–Crippen MR) is 64.2 cm³/mol. The summed E-state index contributed by atoms with van der Waals surface area (Å²) in [6, 6.07) is -0.670. The summed E-state index contributed by atoms with van der Waals surface area (Å²) in [6.45, 7) is 5.41. The maximum absolute atomic E-state index is 12.7. The van der Waals surface area contributed by atoms with E-state index in [0.717, 1.165) is 0 Å². The Morgan fingerprint density at radius 3 is 2.42 bits per heavy atom. The maximum Gasteiger partial charge on any atom is 0.412 e. The van der Waals surface area contributed by atoms with Crippen molar-refractivity contribution in [2.75, 3.05) is 0 Å². The van der Waals surface area contributed by atoms with E-state index in [2.05, 4.69) is 0 Å². The molecule has 2 heterocycles. The molecule has 3 unspecified atom stereocenters. The molecular weight excluding hydrogens is 259 g/mol. The van der Waals surface area contributed by atoms with E-state index in [1.807, 2.05) is 0 Å². The molecule has 0 amide bonds. The highest BCUT2D eigenvalue weighted by molar-refractivity contribution is 5.21. The summed E-state index contributed by atoms with van der Waals surface area (Å²) in [6.07, 6.45) is -2.95. The van der Waals surface area contributed by atoms with Crippen molar-refractivity contribution in [3.8, 4) is 0 Å². The van der Waals surface area contributed by atoms with Crippen LogP contribution < -0.4 is 0 Å². The van der Waals surface area contributed by atoms with E-state index in [-0.39, 0.29) is 18.5 Å². The SMILES string of the molecule is CC(C)(C)OC(O)N1C2C=C(C(F)(F)F)CC1CC2. The Balaban J connectivity index is 2.12. The third-order valence-corrected chi connectivity index (χ3v) is 3.53. The Bertz CT molecular complexity index is 373. The molecule has 1 N–H and O–H groups in total. The van der Waals surface area contributed by atoms with Crippen LogP contribution in [-0.4, -0.2) is 40.3 Å². The number of nitrogens with zero attached hydrogens (tertiary/aromatic N) is 1. The van der Waals surface area contributed by atoms with Crippen LogP contribution in [0.25, 0.3) is 0 Å². The van der Waals surface area contributed by atoms with Crippen LogP contribution in [0.4, 0.5) is 13.2 Å². The zero-order valence-electron chi connectivity index (χ0n) is 11.4. The molecule has 0 spiro atoms. The number of aliphatic hydroxyl groups excluding tert-OH is 1. The van der Waals surface area contributed by atoms with Crippen molar-refractivity contribution in [3.05, 3.63) is 11.6 Å². The molecule has 0 saturated carbocycles. The molecule has 0 aromatic carbocycles. The average Bonchev–Trinajstić information content (AvgIpc) is 2.45. The Hall–Kier alpha value is -0.590. The van der Waals surface area contributed by atoms with Crippen molar-refractivity contribution >= 4 is 0 Å². The fourth-order valence-electron chi connectivity index (χ4n) is 2.79. The zero-order chi connectivity index (χ0) is 14.4. The van der Waals surface area contributed by atoms with E-state index in [9.17, 15) is 18.3 Å². The van der Waals surface area contributed by atoms with Gasteiger partial charge in [-0.2, -0.15) is 13.2 Å². The molecule has 2 rings (SSSR count). The van der Waals surface area contributed by atoms with Crippen LogP contribution in [0.1, 0.15) is 40.0 Å². The van der Waals surface area contributed by atoms with Gasteiger partial charge in [0, 0.05) is 17.7 Å². The van der Waals surface area contributed by atoms with E-state index < -0.39 is 23.8 Å². The lowest BCUT2D eigenvalue weighted by molar-refractivity contribution is -0.250. The summed E-state index contributed by atoms with van der Waals surface area (Å²) in [5, 5.41) is 10.1. The smallest absolute Gasteiger partial charge is 0.356 e. The van der Waals surface area contributed by atoms with Crippen molar-refractivity contribution < 1.29 is 23.0 Å². The first-order valence-electron chi connectivity index (χ1n) is 6.49. The predicted octanol–water partition coefficient (Wildman–Crippen LogP) is 2.80. The van der Waals surface area contributed by atoms with Crippen LogP contribution in [0.2, 0.25) is 0 Å². The number of aliphatic hydroxyl groups is 1. The quantitative estimate of drug-likeness (QED) is 0.623. The van der Waals surface area contributed by atoms with Crippen LogP contribution in [0.3, 0.4) is 0 Å². The van der Waals surface area contributed by atoms with Gasteiger partial charge in [0.1, 0.15) is 0 Å². The van der Waals surface area contributed by atoms with Gasteiger partial charge in [0.25, 0.3) is 0 Å². The first-order valence-corrected chi connectivity index (χ1v) is 6.49. The molecule has 2 bridgehead atoms. The molecule has 1 fully saturated rings. The van der Waals surface area contributed by atoms with Gasteiger partial charge < -0.3 is 9.84 Å². The highest BCUT2D eigenvalue weighted by atomic mass is 19.4. The molecule has 6 heteroatoms. The fourth-order valence-corrected chi connectivity index (χ4v) is 2.79.